The van der Waals surface area contributed by atoms with Gasteiger partial charge in [-0.05, 0) is 50.2 Å². The van der Waals surface area contributed by atoms with E-state index in [4.69, 9.17) is 4.74 Å². The minimum atomic E-state index is -0.539. The summed E-state index contributed by atoms with van der Waals surface area (Å²) in [5.41, 5.74) is 2.94. The molecule has 2 aliphatic heterocycles. The summed E-state index contributed by atoms with van der Waals surface area (Å²) in [5.74, 6) is 0.648. The van der Waals surface area contributed by atoms with Gasteiger partial charge in [0, 0.05) is 44.4 Å². The van der Waals surface area contributed by atoms with E-state index in [1.807, 2.05) is 29.2 Å². The van der Waals surface area contributed by atoms with Crippen molar-refractivity contribution in [3.8, 4) is 5.75 Å². The zero-order valence-electron chi connectivity index (χ0n) is 22.8. The third kappa shape index (κ3) is 4.62. The van der Waals surface area contributed by atoms with E-state index in [1.165, 1.54) is 0 Å². The van der Waals surface area contributed by atoms with Crippen molar-refractivity contribution in [1.29, 1.82) is 0 Å². The maximum Gasteiger partial charge on any atom is 0.272 e. The quantitative estimate of drug-likeness (QED) is 0.504. The van der Waals surface area contributed by atoms with Crippen LogP contribution in [-0.4, -0.2) is 94.6 Å². The highest BCUT2D eigenvalue weighted by atomic mass is 16.5. The number of H-pyrrole nitrogens is 1. The number of carbonyl (C=O) groups is 1. The van der Waals surface area contributed by atoms with E-state index in [-0.39, 0.29) is 17.0 Å². The topological polar surface area (TPSA) is 102 Å². The number of aromatic amines is 1. The van der Waals surface area contributed by atoms with Gasteiger partial charge in [0.2, 0.25) is 0 Å². The maximum absolute atomic E-state index is 13.8. The zero-order chi connectivity index (χ0) is 27.1. The fourth-order valence-electron chi connectivity index (χ4n) is 6.74. The second-order valence-corrected chi connectivity index (χ2v) is 11.4. The van der Waals surface area contributed by atoms with Crippen LogP contribution in [0.1, 0.15) is 52.9 Å². The Morgan fingerprint density at radius 2 is 1.85 bits per heavy atom. The second-order valence-electron chi connectivity index (χ2n) is 11.4. The van der Waals surface area contributed by atoms with E-state index in [1.54, 1.807) is 6.07 Å². The van der Waals surface area contributed by atoms with Crippen LogP contribution >= 0.6 is 0 Å². The number of hydrogen-bond donors (Lipinski definition) is 2. The summed E-state index contributed by atoms with van der Waals surface area (Å²) in [7, 11) is 4.13. The number of amides is 1. The van der Waals surface area contributed by atoms with Gasteiger partial charge in [-0.1, -0.05) is 37.1 Å². The number of piperazine rings is 1. The smallest absolute Gasteiger partial charge is 0.272 e. The highest BCUT2D eigenvalue weighted by molar-refractivity contribution is 5.98. The molecule has 3 heterocycles. The number of likely N-dealkylation sites (N-methyl/N-ethyl adjacent to an activating group) is 1. The average molecular weight is 532 g/mol. The maximum atomic E-state index is 13.8. The van der Waals surface area contributed by atoms with Crippen LogP contribution < -0.4 is 10.3 Å². The van der Waals surface area contributed by atoms with Crippen molar-refractivity contribution in [1.82, 2.24) is 24.9 Å². The van der Waals surface area contributed by atoms with Crippen molar-refractivity contribution in [3.05, 3.63) is 69.1 Å². The fraction of sp³-hybridized carbons (Fsp3) is 0.500. The Morgan fingerprint density at radius 1 is 1.13 bits per heavy atom. The van der Waals surface area contributed by atoms with Gasteiger partial charge in [0.05, 0.1) is 28.8 Å². The molecule has 1 saturated heterocycles. The molecule has 0 bridgehead atoms. The third-order valence-corrected chi connectivity index (χ3v) is 9.01. The zero-order valence-corrected chi connectivity index (χ0v) is 22.8. The molecular weight excluding hydrogens is 494 g/mol. The minimum Gasteiger partial charge on any atom is -0.492 e. The van der Waals surface area contributed by atoms with Gasteiger partial charge in [-0.2, -0.15) is 5.10 Å². The van der Waals surface area contributed by atoms with E-state index in [0.29, 0.717) is 55.9 Å². The fourth-order valence-corrected chi connectivity index (χ4v) is 6.74. The van der Waals surface area contributed by atoms with Gasteiger partial charge in [-0.25, -0.2) is 5.10 Å². The average Bonchev–Trinajstić information content (AvgIpc) is 3.65. The Bertz CT molecular complexity index is 1440. The van der Waals surface area contributed by atoms with Crippen LogP contribution in [0.4, 0.5) is 0 Å². The molecular formula is C30H37N5O4. The van der Waals surface area contributed by atoms with Crippen LogP contribution in [0.15, 0.2) is 41.2 Å². The highest BCUT2D eigenvalue weighted by Crippen LogP contribution is 2.38. The van der Waals surface area contributed by atoms with Crippen LogP contribution in [0.2, 0.25) is 0 Å². The normalized spacial score (nSPS) is 19.8. The summed E-state index contributed by atoms with van der Waals surface area (Å²) in [6.45, 7) is 2.96. The van der Waals surface area contributed by atoms with Crippen LogP contribution in [0.5, 0.6) is 5.75 Å². The minimum absolute atomic E-state index is 0.0355. The second kappa shape index (κ2) is 10.4. The molecule has 2 aromatic carbocycles. The first kappa shape index (κ1) is 26.0. The lowest BCUT2D eigenvalue weighted by Gasteiger charge is -2.47. The predicted octanol–water partition coefficient (Wildman–Crippen LogP) is 2.40. The standard InChI is InChI=1S/C30H37N5O4/c1-33(2)30(10-5-6-11-30)29(38)35-14-12-34(13-15-35)28(37)24-18-20(17-21-9-16-39-26(21)24)19-25-22-7-3-4-8-23(22)27(36)32-31-25/h3-4,7-8,17-18,29,38H,5-6,9-16,19H2,1-2H3,(H,32,36). The van der Waals surface area contributed by atoms with Crippen LogP contribution in [0.25, 0.3) is 10.8 Å². The summed E-state index contributed by atoms with van der Waals surface area (Å²) in [4.78, 5) is 32.3. The third-order valence-electron chi connectivity index (χ3n) is 9.01. The lowest BCUT2D eigenvalue weighted by atomic mass is 9.92. The number of nitrogens with one attached hydrogen (secondary N) is 1. The number of carbonyl (C=O) groups excluding carboxylic acids is 1. The summed E-state index contributed by atoms with van der Waals surface area (Å²) >= 11 is 0. The number of nitrogens with zero attached hydrogens (tertiary/aromatic N) is 4. The molecule has 0 radical (unpaired) electrons. The number of ether oxygens (including phenoxy) is 1. The molecule has 9 heteroatoms. The molecule has 0 spiro atoms. The van der Waals surface area contributed by atoms with Crippen molar-refractivity contribution in [2.75, 3.05) is 46.9 Å². The molecule has 2 N–H and O–H groups in total. The molecule has 9 nitrogen and oxygen atoms in total. The molecule has 1 aliphatic carbocycles. The van der Waals surface area contributed by atoms with Gasteiger partial charge in [0.1, 0.15) is 12.0 Å². The molecule has 39 heavy (non-hydrogen) atoms. The molecule has 1 amide bonds. The van der Waals surface area contributed by atoms with E-state index in [0.717, 1.165) is 54.3 Å². The van der Waals surface area contributed by atoms with E-state index in [2.05, 4.69) is 40.2 Å². The van der Waals surface area contributed by atoms with Crippen LogP contribution in [0.3, 0.4) is 0 Å². The van der Waals surface area contributed by atoms with E-state index >= 15 is 0 Å². The summed E-state index contributed by atoms with van der Waals surface area (Å²) < 4.78 is 5.93. The number of rotatable bonds is 6. The van der Waals surface area contributed by atoms with Crippen LogP contribution in [0, 0.1) is 0 Å². The Hall–Kier alpha value is -3.27. The van der Waals surface area contributed by atoms with E-state index in [9.17, 15) is 14.7 Å². The Kier molecular flexibility index (Phi) is 6.91. The number of fused-ring (bicyclic) bond motifs is 2. The molecule has 3 aliphatic rings. The Balaban J connectivity index is 1.22. The summed E-state index contributed by atoms with van der Waals surface area (Å²) in [6, 6.07) is 11.5. The molecule has 1 aromatic heterocycles. The lowest BCUT2D eigenvalue weighted by molar-refractivity contribution is -0.112. The van der Waals surface area contributed by atoms with Crippen LogP contribution in [-0.2, 0) is 12.8 Å². The molecule has 6 rings (SSSR count). The van der Waals surface area contributed by atoms with Crippen molar-refractivity contribution in [2.45, 2.75) is 50.3 Å². The number of aliphatic hydroxyl groups excluding tert-OH is 1. The highest BCUT2D eigenvalue weighted by Gasteiger charge is 2.46. The molecule has 3 aromatic rings. The monoisotopic (exact) mass is 531 g/mol. The first-order chi connectivity index (χ1) is 18.9. The van der Waals surface area contributed by atoms with Gasteiger partial charge < -0.3 is 19.6 Å². The largest absolute Gasteiger partial charge is 0.492 e. The van der Waals surface area contributed by atoms with Crippen molar-refractivity contribution in [2.24, 2.45) is 0 Å². The number of aromatic nitrogens is 2. The number of hydrogen-bond acceptors (Lipinski definition) is 7. The van der Waals surface area contributed by atoms with Gasteiger partial charge >= 0.3 is 0 Å². The molecule has 1 unspecified atom stereocenters. The van der Waals surface area contributed by atoms with Crippen molar-refractivity contribution in [3.63, 3.8) is 0 Å². The lowest BCUT2D eigenvalue weighted by Crippen LogP contribution is -2.62. The first-order valence-corrected chi connectivity index (χ1v) is 14.0. The Morgan fingerprint density at radius 3 is 2.56 bits per heavy atom. The summed E-state index contributed by atoms with van der Waals surface area (Å²) in [6.07, 6.45) is 4.99. The number of aliphatic hydroxyl groups is 1. The molecule has 1 atom stereocenters. The summed E-state index contributed by atoms with van der Waals surface area (Å²) in [5, 5.41) is 19.7. The van der Waals surface area contributed by atoms with Gasteiger partial charge in [0.15, 0.2) is 0 Å². The predicted molar refractivity (Wildman–Crippen MR) is 149 cm³/mol. The van der Waals surface area contributed by atoms with Crippen molar-refractivity contribution >= 4 is 16.7 Å². The molecule has 1 saturated carbocycles. The van der Waals surface area contributed by atoms with Crippen molar-refractivity contribution < 1.29 is 14.6 Å². The molecule has 206 valence electrons. The van der Waals surface area contributed by atoms with Gasteiger partial charge in [-0.3, -0.25) is 14.5 Å². The van der Waals surface area contributed by atoms with Gasteiger partial charge in [0.25, 0.3) is 11.5 Å². The Labute approximate surface area is 228 Å². The number of benzene rings is 2. The van der Waals surface area contributed by atoms with Gasteiger partial charge in [-0.15, -0.1) is 0 Å². The van der Waals surface area contributed by atoms with E-state index < -0.39 is 6.23 Å². The SMILES string of the molecule is CN(C)C1(C(O)N2CCN(C(=O)c3cc(Cc4n[nH]c(=O)c5ccccc45)cc4c3OCC4)CC2)CCCC1. The first-order valence-electron chi connectivity index (χ1n) is 14.0. The molecule has 2 fully saturated rings.